The summed E-state index contributed by atoms with van der Waals surface area (Å²) in [6.07, 6.45) is 6.96. The van der Waals surface area contributed by atoms with Crippen LogP contribution in [0, 0.1) is 17.2 Å². The maximum Gasteiger partial charge on any atom is 0.223 e. The van der Waals surface area contributed by atoms with Gasteiger partial charge in [-0.15, -0.1) is 0 Å². The molecule has 1 aromatic carbocycles. The smallest absolute Gasteiger partial charge is 0.223 e. The van der Waals surface area contributed by atoms with E-state index in [0.29, 0.717) is 17.9 Å². The quantitative estimate of drug-likeness (QED) is 0.806. The van der Waals surface area contributed by atoms with E-state index < -0.39 is 0 Å². The van der Waals surface area contributed by atoms with E-state index >= 15 is 0 Å². The molecular weight excluding hydrogens is 272 g/mol. The van der Waals surface area contributed by atoms with Gasteiger partial charge < -0.3 is 4.90 Å². The Labute approximate surface area is 133 Å². The van der Waals surface area contributed by atoms with Crippen molar-refractivity contribution in [1.29, 1.82) is 5.26 Å². The summed E-state index contributed by atoms with van der Waals surface area (Å²) in [4.78, 5) is 14.6. The summed E-state index contributed by atoms with van der Waals surface area (Å²) < 4.78 is 0. The first-order chi connectivity index (χ1) is 10.7. The van der Waals surface area contributed by atoms with E-state index in [1.165, 1.54) is 32.1 Å². The molecule has 0 aromatic heterocycles. The Hall–Kier alpha value is -1.82. The van der Waals surface area contributed by atoms with Gasteiger partial charge in [-0.3, -0.25) is 4.79 Å². The molecule has 0 aliphatic heterocycles. The van der Waals surface area contributed by atoms with Gasteiger partial charge in [-0.1, -0.05) is 31.4 Å². The lowest BCUT2D eigenvalue weighted by atomic mass is 9.86. The van der Waals surface area contributed by atoms with E-state index in [1.54, 1.807) is 0 Å². The van der Waals surface area contributed by atoms with E-state index in [9.17, 15) is 4.79 Å². The Kier molecular flexibility index (Phi) is 6.00. The van der Waals surface area contributed by atoms with E-state index in [2.05, 4.69) is 13.0 Å². The molecule has 3 nitrogen and oxygen atoms in total. The second-order valence-corrected chi connectivity index (χ2v) is 6.30. The zero-order chi connectivity index (χ0) is 15.9. The van der Waals surface area contributed by atoms with Crippen molar-refractivity contribution in [2.24, 2.45) is 5.92 Å². The number of hydrogen-bond donors (Lipinski definition) is 0. The van der Waals surface area contributed by atoms with E-state index in [-0.39, 0.29) is 11.9 Å². The fourth-order valence-corrected chi connectivity index (χ4v) is 3.44. The molecule has 0 saturated heterocycles. The average Bonchev–Trinajstić information content (AvgIpc) is 2.56. The highest BCUT2D eigenvalue weighted by Gasteiger charge is 2.24. The fourth-order valence-electron chi connectivity index (χ4n) is 3.44. The van der Waals surface area contributed by atoms with Crippen LogP contribution in [0.2, 0.25) is 0 Å². The third-order valence-corrected chi connectivity index (χ3v) is 4.84. The lowest BCUT2D eigenvalue weighted by Gasteiger charge is -2.31. The van der Waals surface area contributed by atoms with Crippen molar-refractivity contribution in [3.63, 3.8) is 0 Å². The lowest BCUT2D eigenvalue weighted by Crippen LogP contribution is -2.34. The Morgan fingerprint density at radius 3 is 2.45 bits per heavy atom. The van der Waals surface area contributed by atoms with Gasteiger partial charge >= 0.3 is 0 Å². The van der Waals surface area contributed by atoms with Crippen molar-refractivity contribution < 1.29 is 4.79 Å². The van der Waals surface area contributed by atoms with E-state index in [4.69, 9.17) is 5.26 Å². The van der Waals surface area contributed by atoms with Gasteiger partial charge in [0.25, 0.3) is 0 Å². The van der Waals surface area contributed by atoms with Gasteiger partial charge in [0.2, 0.25) is 5.91 Å². The van der Waals surface area contributed by atoms with Crippen molar-refractivity contribution in [2.75, 3.05) is 6.54 Å². The van der Waals surface area contributed by atoms with Crippen molar-refractivity contribution >= 4 is 5.91 Å². The van der Waals surface area contributed by atoms with Gasteiger partial charge in [-0.05, 0) is 50.3 Å². The SMILES string of the molecule is CCN(C(=O)CC1CCCCC1)C(C)c1ccc(C#N)cc1. The molecule has 2 rings (SSSR count). The molecule has 1 atom stereocenters. The second-order valence-electron chi connectivity index (χ2n) is 6.30. The maximum atomic E-state index is 12.7. The van der Waals surface area contributed by atoms with Crippen molar-refractivity contribution in [3.05, 3.63) is 35.4 Å². The summed E-state index contributed by atoms with van der Waals surface area (Å²) in [7, 11) is 0. The molecule has 0 heterocycles. The van der Waals surface area contributed by atoms with Crippen molar-refractivity contribution in [1.82, 2.24) is 4.90 Å². The Morgan fingerprint density at radius 2 is 1.91 bits per heavy atom. The summed E-state index contributed by atoms with van der Waals surface area (Å²) in [5.41, 5.74) is 1.75. The number of hydrogen-bond acceptors (Lipinski definition) is 2. The Balaban J connectivity index is 2.01. The number of nitrogens with zero attached hydrogens (tertiary/aromatic N) is 2. The molecule has 3 heteroatoms. The number of nitriles is 1. The average molecular weight is 298 g/mol. The zero-order valence-corrected chi connectivity index (χ0v) is 13.7. The molecule has 1 aromatic rings. The molecule has 118 valence electrons. The molecule has 22 heavy (non-hydrogen) atoms. The predicted octanol–water partition coefficient (Wildman–Crippen LogP) is 4.44. The monoisotopic (exact) mass is 298 g/mol. The fraction of sp³-hybridized carbons (Fsp3) is 0.579. The largest absolute Gasteiger partial charge is 0.336 e. The van der Waals surface area contributed by atoms with Crippen LogP contribution in [-0.2, 0) is 4.79 Å². The summed E-state index contributed by atoms with van der Waals surface area (Å²) in [6.45, 7) is 4.84. The van der Waals surface area contributed by atoms with Gasteiger partial charge in [0.1, 0.15) is 0 Å². The lowest BCUT2D eigenvalue weighted by molar-refractivity contribution is -0.134. The first-order valence-corrected chi connectivity index (χ1v) is 8.45. The van der Waals surface area contributed by atoms with Gasteiger partial charge in [0.05, 0.1) is 17.7 Å². The van der Waals surface area contributed by atoms with Crippen LogP contribution in [0.3, 0.4) is 0 Å². The molecule has 1 aliphatic carbocycles. The molecule has 1 amide bonds. The van der Waals surface area contributed by atoms with E-state index in [0.717, 1.165) is 12.1 Å². The zero-order valence-electron chi connectivity index (χ0n) is 13.7. The second kappa shape index (κ2) is 7.98. The normalized spacial score (nSPS) is 16.8. The molecule has 0 N–H and O–H groups in total. The highest BCUT2D eigenvalue weighted by Crippen LogP contribution is 2.29. The molecule has 0 bridgehead atoms. The number of carbonyl (C=O) groups is 1. The minimum atomic E-state index is 0.0637. The summed E-state index contributed by atoms with van der Waals surface area (Å²) in [6, 6.07) is 9.76. The summed E-state index contributed by atoms with van der Waals surface area (Å²) in [5, 5.41) is 8.88. The maximum absolute atomic E-state index is 12.7. The van der Waals surface area contributed by atoms with Crippen molar-refractivity contribution in [2.45, 2.75) is 58.4 Å². The van der Waals surface area contributed by atoms with Gasteiger partial charge in [-0.2, -0.15) is 5.26 Å². The van der Waals surface area contributed by atoms with Crippen LogP contribution in [0.1, 0.15) is 69.5 Å². The first-order valence-electron chi connectivity index (χ1n) is 8.45. The van der Waals surface area contributed by atoms with Crippen LogP contribution in [0.5, 0.6) is 0 Å². The van der Waals surface area contributed by atoms with Crippen LogP contribution in [0.15, 0.2) is 24.3 Å². The van der Waals surface area contributed by atoms with Crippen LogP contribution in [0.25, 0.3) is 0 Å². The summed E-state index contributed by atoms with van der Waals surface area (Å²) in [5.74, 6) is 0.842. The minimum Gasteiger partial charge on any atom is -0.336 e. The van der Waals surface area contributed by atoms with Crippen LogP contribution >= 0.6 is 0 Å². The Morgan fingerprint density at radius 1 is 1.27 bits per heavy atom. The predicted molar refractivity (Wildman–Crippen MR) is 88.2 cm³/mol. The number of benzene rings is 1. The Bertz CT molecular complexity index is 523. The molecule has 1 saturated carbocycles. The number of carbonyl (C=O) groups excluding carboxylic acids is 1. The third-order valence-electron chi connectivity index (χ3n) is 4.84. The highest BCUT2D eigenvalue weighted by atomic mass is 16.2. The highest BCUT2D eigenvalue weighted by molar-refractivity contribution is 5.77. The number of amides is 1. The van der Waals surface area contributed by atoms with Crippen molar-refractivity contribution in [3.8, 4) is 6.07 Å². The van der Waals surface area contributed by atoms with Crippen LogP contribution in [-0.4, -0.2) is 17.4 Å². The van der Waals surface area contributed by atoms with Crippen LogP contribution in [0.4, 0.5) is 0 Å². The molecule has 0 radical (unpaired) electrons. The van der Waals surface area contributed by atoms with E-state index in [1.807, 2.05) is 36.1 Å². The first kappa shape index (κ1) is 16.5. The molecule has 1 aliphatic rings. The van der Waals surface area contributed by atoms with Gasteiger partial charge in [0.15, 0.2) is 0 Å². The molecule has 1 unspecified atom stereocenters. The standard InChI is InChI=1S/C19H26N2O/c1-3-21(19(22)13-16-7-5-4-6-8-16)15(2)18-11-9-17(14-20)10-12-18/h9-12,15-16H,3-8,13H2,1-2H3. The minimum absolute atomic E-state index is 0.0637. The third kappa shape index (κ3) is 4.10. The topological polar surface area (TPSA) is 44.1 Å². The van der Waals surface area contributed by atoms with Gasteiger partial charge in [-0.25, -0.2) is 0 Å². The summed E-state index contributed by atoms with van der Waals surface area (Å²) >= 11 is 0. The number of rotatable bonds is 5. The van der Waals surface area contributed by atoms with Gasteiger partial charge in [0, 0.05) is 13.0 Å². The van der Waals surface area contributed by atoms with Crippen LogP contribution < -0.4 is 0 Å². The molecule has 0 spiro atoms. The molecular formula is C19H26N2O. The molecule has 1 fully saturated rings.